The van der Waals surface area contributed by atoms with Crippen LogP contribution in [-0.4, -0.2) is 47.4 Å². The van der Waals surface area contributed by atoms with E-state index in [-0.39, 0.29) is 5.91 Å². The van der Waals surface area contributed by atoms with Gasteiger partial charge in [0.15, 0.2) is 5.17 Å². The van der Waals surface area contributed by atoms with Gasteiger partial charge in [0.2, 0.25) is 5.91 Å². The number of hydrogen-bond donors (Lipinski definition) is 1. The lowest BCUT2D eigenvalue weighted by atomic mass is 10.1. The number of hydrogen-bond acceptors (Lipinski definition) is 3. The quantitative estimate of drug-likeness (QED) is 0.827. The van der Waals surface area contributed by atoms with Crippen LogP contribution >= 0.6 is 11.8 Å². The van der Waals surface area contributed by atoms with Crippen LogP contribution in [0.25, 0.3) is 0 Å². The summed E-state index contributed by atoms with van der Waals surface area (Å²) in [5, 5.41) is 4.32. The molecule has 2 heterocycles. The molecular formula is C12H21N3OS. The molecule has 0 saturated carbocycles. The van der Waals surface area contributed by atoms with E-state index in [4.69, 9.17) is 0 Å². The Morgan fingerprint density at radius 1 is 1.53 bits per heavy atom. The zero-order valence-electron chi connectivity index (χ0n) is 10.6. The maximum absolute atomic E-state index is 11.8. The Bertz CT molecular complexity index is 311. The summed E-state index contributed by atoms with van der Waals surface area (Å²) in [7, 11) is 0. The van der Waals surface area contributed by atoms with Gasteiger partial charge in [-0.25, -0.2) is 0 Å². The van der Waals surface area contributed by atoms with Crippen LogP contribution in [0.15, 0.2) is 4.99 Å². The van der Waals surface area contributed by atoms with Crippen molar-refractivity contribution < 1.29 is 4.79 Å². The number of nitrogens with zero attached hydrogens (tertiary/aromatic N) is 2. The Hall–Kier alpha value is -0.710. The summed E-state index contributed by atoms with van der Waals surface area (Å²) in [5.41, 5.74) is 0. The van der Waals surface area contributed by atoms with Gasteiger partial charge in [-0.05, 0) is 18.8 Å². The normalized spacial score (nSPS) is 26.9. The van der Waals surface area contributed by atoms with Gasteiger partial charge >= 0.3 is 0 Å². The van der Waals surface area contributed by atoms with Crippen LogP contribution in [0, 0.1) is 5.92 Å². The molecule has 0 radical (unpaired) electrons. The van der Waals surface area contributed by atoms with E-state index < -0.39 is 0 Å². The van der Waals surface area contributed by atoms with Gasteiger partial charge in [0.1, 0.15) is 6.54 Å². The highest BCUT2D eigenvalue weighted by Gasteiger charge is 2.23. The standard InChI is InChI=1S/C12H21N3OS/c1-9(2)10-8-17-12(14-10)13-7-11(16)15-5-3-4-6-15/h9-10H,3-8H2,1-2H3,(H,13,14)/t10-/m1/s1. The summed E-state index contributed by atoms with van der Waals surface area (Å²) in [6, 6.07) is 0.501. The Morgan fingerprint density at radius 3 is 2.82 bits per heavy atom. The number of likely N-dealkylation sites (tertiary alicyclic amines) is 1. The van der Waals surface area contributed by atoms with Crippen LogP contribution in [0.4, 0.5) is 0 Å². The zero-order chi connectivity index (χ0) is 12.3. The molecule has 0 spiro atoms. The van der Waals surface area contributed by atoms with E-state index >= 15 is 0 Å². The van der Waals surface area contributed by atoms with Crippen molar-refractivity contribution in [1.82, 2.24) is 10.2 Å². The third-order valence-corrected chi connectivity index (χ3v) is 4.38. The maximum atomic E-state index is 11.8. The molecule has 0 aromatic carbocycles. The highest BCUT2D eigenvalue weighted by molar-refractivity contribution is 8.14. The summed E-state index contributed by atoms with van der Waals surface area (Å²) in [6.07, 6.45) is 2.29. The van der Waals surface area contributed by atoms with E-state index in [1.54, 1.807) is 11.8 Å². The van der Waals surface area contributed by atoms with Crippen LogP contribution in [0.5, 0.6) is 0 Å². The summed E-state index contributed by atoms with van der Waals surface area (Å²) in [4.78, 5) is 18.1. The Balaban J connectivity index is 1.79. The van der Waals surface area contributed by atoms with Crippen LogP contribution in [-0.2, 0) is 4.79 Å². The number of carbonyl (C=O) groups is 1. The van der Waals surface area contributed by atoms with Crippen molar-refractivity contribution in [3.63, 3.8) is 0 Å². The molecule has 2 rings (SSSR count). The number of rotatable bonds is 3. The molecule has 1 amide bonds. The van der Waals surface area contributed by atoms with Gasteiger partial charge in [-0.1, -0.05) is 25.6 Å². The number of thioether (sulfide) groups is 1. The SMILES string of the molecule is CC(C)[C@H]1CSC(=NCC(=O)N2CCCC2)N1. The number of nitrogens with one attached hydrogen (secondary N) is 1. The largest absolute Gasteiger partial charge is 0.361 e. The van der Waals surface area contributed by atoms with Crippen molar-refractivity contribution in [2.24, 2.45) is 10.9 Å². The minimum atomic E-state index is 0.172. The van der Waals surface area contributed by atoms with E-state index in [0.717, 1.165) is 36.9 Å². The second-order valence-electron chi connectivity index (χ2n) is 5.02. The molecule has 2 saturated heterocycles. The van der Waals surface area contributed by atoms with Gasteiger partial charge in [0, 0.05) is 24.9 Å². The van der Waals surface area contributed by atoms with Gasteiger partial charge in [-0.15, -0.1) is 0 Å². The van der Waals surface area contributed by atoms with Crippen LogP contribution in [0.1, 0.15) is 26.7 Å². The molecule has 2 aliphatic rings. The first-order chi connectivity index (χ1) is 8.16. The Labute approximate surface area is 107 Å². The summed E-state index contributed by atoms with van der Waals surface area (Å²) >= 11 is 1.73. The first-order valence-electron chi connectivity index (χ1n) is 6.38. The second kappa shape index (κ2) is 5.76. The fourth-order valence-electron chi connectivity index (χ4n) is 2.07. The van der Waals surface area contributed by atoms with E-state index in [1.165, 1.54) is 0 Å². The Morgan fingerprint density at radius 2 is 2.24 bits per heavy atom. The monoisotopic (exact) mass is 255 g/mol. The predicted molar refractivity (Wildman–Crippen MR) is 72.3 cm³/mol. The molecule has 0 unspecified atom stereocenters. The molecule has 4 nitrogen and oxygen atoms in total. The van der Waals surface area contributed by atoms with Crippen molar-refractivity contribution in [2.45, 2.75) is 32.7 Å². The number of carbonyl (C=O) groups excluding carboxylic acids is 1. The summed E-state index contributed by atoms with van der Waals surface area (Å²) < 4.78 is 0. The van der Waals surface area contributed by atoms with Gasteiger partial charge in [0.05, 0.1) is 0 Å². The highest BCUT2D eigenvalue weighted by Crippen LogP contribution is 2.19. The molecule has 1 atom stereocenters. The first-order valence-corrected chi connectivity index (χ1v) is 7.37. The van der Waals surface area contributed by atoms with Gasteiger partial charge in [-0.2, -0.15) is 0 Å². The fraction of sp³-hybridized carbons (Fsp3) is 0.833. The molecule has 0 aliphatic carbocycles. The van der Waals surface area contributed by atoms with E-state index in [1.807, 2.05) is 4.90 Å². The molecule has 0 aromatic rings. The average Bonchev–Trinajstić information content (AvgIpc) is 2.97. The lowest BCUT2D eigenvalue weighted by Crippen LogP contribution is -2.33. The number of aliphatic imine (C=N–C) groups is 1. The van der Waals surface area contributed by atoms with Gasteiger partial charge in [-0.3, -0.25) is 9.79 Å². The fourth-order valence-corrected chi connectivity index (χ4v) is 3.26. The molecule has 96 valence electrons. The van der Waals surface area contributed by atoms with E-state index in [2.05, 4.69) is 24.2 Å². The molecule has 1 N–H and O–H groups in total. The zero-order valence-corrected chi connectivity index (χ0v) is 11.4. The van der Waals surface area contributed by atoms with Crippen molar-refractivity contribution in [1.29, 1.82) is 0 Å². The summed E-state index contributed by atoms with van der Waals surface area (Å²) in [5.74, 6) is 1.85. The smallest absolute Gasteiger partial charge is 0.244 e. The van der Waals surface area contributed by atoms with Crippen LogP contribution < -0.4 is 5.32 Å². The lowest BCUT2D eigenvalue weighted by Gasteiger charge is -2.14. The average molecular weight is 255 g/mol. The topological polar surface area (TPSA) is 44.7 Å². The summed E-state index contributed by atoms with van der Waals surface area (Å²) in [6.45, 7) is 6.55. The van der Waals surface area contributed by atoms with E-state index in [0.29, 0.717) is 18.5 Å². The molecular weight excluding hydrogens is 234 g/mol. The third-order valence-electron chi connectivity index (χ3n) is 3.33. The first kappa shape index (κ1) is 12.7. The molecule has 5 heteroatoms. The van der Waals surface area contributed by atoms with Crippen LogP contribution in [0.2, 0.25) is 0 Å². The van der Waals surface area contributed by atoms with Crippen molar-refractivity contribution in [3.05, 3.63) is 0 Å². The molecule has 2 fully saturated rings. The number of amides is 1. The predicted octanol–water partition coefficient (Wildman–Crippen LogP) is 1.33. The molecule has 17 heavy (non-hydrogen) atoms. The van der Waals surface area contributed by atoms with Crippen molar-refractivity contribution >= 4 is 22.8 Å². The van der Waals surface area contributed by atoms with Crippen molar-refractivity contribution in [3.8, 4) is 0 Å². The molecule has 0 aromatic heterocycles. The van der Waals surface area contributed by atoms with Gasteiger partial charge < -0.3 is 10.2 Å². The second-order valence-corrected chi connectivity index (χ2v) is 6.02. The third kappa shape index (κ3) is 3.37. The van der Waals surface area contributed by atoms with Crippen LogP contribution in [0.3, 0.4) is 0 Å². The van der Waals surface area contributed by atoms with Gasteiger partial charge in [0.25, 0.3) is 0 Å². The molecule has 0 bridgehead atoms. The number of amidine groups is 1. The van der Waals surface area contributed by atoms with E-state index in [9.17, 15) is 4.79 Å². The van der Waals surface area contributed by atoms with Crippen molar-refractivity contribution in [2.75, 3.05) is 25.4 Å². The minimum Gasteiger partial charge on any atom is -0.361 e. The Kier molecular flexibility index (Phi) is 4.31. The minimum absolute atomic E-state index is 0.172. The molecule has 2 aliphatic heterocycles. The highest BCUT2D eigenvalue weighted by atomic mass is 32.2. The lowest BCUT2D eigenvalue weighted by molar-refractivity contribution is -0.128. The maximum Gasteiger partial charge on any atom is 0.244 e.